The Morgan fingerprint density at radius 1 is 1.13 bits per heavy atom. The number of carbonyl (C=O) groups excluding carboxylic acids is 1. The summed E-state index contributed by atoms with van der Waals surface area (Å²) in [5.74, 6) is -0.408. The molecule has 0 aromatic carbocycles. The Bertz CT molecular complexity index is 931. The highest BCUT2D eigenvalue weighted by Gasteiger charge is 2.69. The Labute approximate surface area is 175 Å². The van der Waals surface area contributed by atoms with Crippen molar-refractivity contribution < 1.29 is 24.5 Å². The quantitative estimate of drug-likeness (QED) is 0.506. The third kappa shape index (κ3) is 2.47. The zero-order chi connectivity index (χ0) is 21.3. The molecule has 0 spiro atoms. The van der Waals surface area contributed by atoms with Crippen molar-refractivity contribution >= 4 is 6.29 Å². The van der Waals surface area contributed by atoms with Crippen LogP contribution in [0.5, 0.6) is 0 Å². The lowest BCUT2D eigenvalue weighted by Gasteiger charge is -2.61. The second-order valence-corrected chi connectivity index (χ2v) is 10.2. The fourth-order valence-electron chi connectivity index (χ4n) is 7.78. The molecule has 30 heavy (non-hydrogen) atoms. The average Bonchev–Trinajstić information content (AvgIpc) is 2.93. The molecule has 0 unspecified atom stereocenters. The van der Waals surface area contributed by atoms with Gasteiger partial charge in [-0.2, -0.15) is 0 Å². The summed E-state index contributed by atoms with van der Waals surface area (Å²) in [4.78, 5) is 23.9. The first-order valence-electron chi connectivity index (χ1n) is 11.1. The van der Waals surface area contributed by atoms with Crippen LogP contribution in [-0.2, 0) is 4.79 Å². The van der Waals surface area contributed by atoms with Crippen LogP contribution in [0.3, 0.4) is 0 Å². The monoisotopic (exact) mass is 414 g/mol. The predicted molar refractivity (Wildman–Crippen MR) is 109 cm³/mol. The molecule has 1 aromatic rings. The minimum Gasteiger partial charge on any atom is -0.431 e. The summed E-state index contributed by atoms with van der Waals surface area (Å²) >= 11 is 0. The standard InChI is InChI=1S/C24H30O6/c1-22-8-7-17-18(4-3-15-10-16(26)6-9-23(15,17)13-25)24(22,29)11-19(27)21(22)14-2-5-20(28)30-12-14/h2,5,10,12-13,16-19,21,26-27,29H,3-4,6-9,11H2,1H3/t16-,17+,18-,19+,21-,22-,23+,24+/m1/s1. The summed E-state index contributed by atoms with van der Waals surface area (Å²) in [5.41, 5.74) is -0.956. The van der Waals surface area contributed by atoms with Crippen LogP contribution in [-0.4, -0.2) is 39.4 Å². The lowest BCUT2D eigenvalue weighted by molar-refractivity contribution is -0.180. The Morgan fingerprint density at radius 3 is 2.63 bits per heavy atom. The lowest BCUT2D eigenvalue weighted by Crippen LogP contribution is -2.61. The number of aldehydes is 1. The first-order valence-corrected chi connectivity index (χ1v) is 11.1. The van der Waals surface area contributed by atoms with Gasteiger partial charge >= 0.3 is 5.63 Å². The molecule has 1 heterocycles. The van der Waals surface area contributed by atoms with Gasteiger partial charge in [-0.05, 0) is 62.0 Å². The summed E-state index contributed by atoms with van der Waals surface area (Å²) in [5, 5.41) is 33.3. The number of aliphatic hydroxyl groups excluding tert-OH is 2. The van der Waals surface area contributed by atoms with E-state index in [2.05, 4.69) is 0 Å². The van der Waals surface area contributed by atoms with Crippen LogP contribution in [0.2, 0.25) is 0 Å². The van der Waals surface area contributed by atoms with Crippen LogP contribution in [0.15, 0.2) is 39.3 Å². The minimum atomic E-state index is -1.10. The van der Waals surface area contributed by atoms with Crippen molar-refractivity contribution in [3.63, 3.8) is 0 Å². The first-order chi connectivity index (χ1) is 14.2. The summed E-state index contributed by atoms with van der Waals surface area (Å²) in [6.45, 7) is 2.04. The van der Waals surface area contributed by atoms with Crippen LogP contribution in [0, 0.1) is 22.7 Å². The number of rotatable bonds is 2. The fourth-order valence-corrected chi connectivity index (χ4v) is 7.78. The molecule has 4 aliphatic rings. The molecule has 3 fully saturated rings. The van der Waals surface area contributed by atoms with Gasteiger partial charge in [-0.25, -0.2) is 4.79 Å². The van der Waals surface area contributed by atoms with E-state index >= 15 is 0 Å². The zero-order valence-electron chi connectivity index (χ0n) is 17.3. The Kier molecular flexibility index (Phi) is 4.45. The molecule has 0 aliphatic heterocycles. The van der Waals surface area contributed by atoms with Gasteiger partial charge < -0.3 is 24.5 Å². The molecule has 8 atom stereocenters. The smallest absolute Gasteiger partial charge is 0.335 e. The van der Waals surface area contributed by atoms with Gasteiger partial charge in [0.2, 0.25) is 0 Å². The third-order valence-electron chi connectivity index (χ3n) is 9.18. The second kappa shape index (κ2) is 6.62. The molecule has 6 nitrogen and oxygen atoms in total. The normalized spacial score (nSPS) is 47.6. The van der Waals surface area contributed by atoms with Crippen LogP contribution < -0.4 is 5.63 Å². The molecule has 3 N–H and O–H groups in total. The maximum Gasteiger partial charge on any atom is 0.335 e. The molecule has 0 saturated heterocycles. The summed E-state index contributed by atoms with van der Waals surface area (Å²) in [6, 6.07) is 3.06. The lowest BCUT2D eigenvalue weighted by atomic mass is 9.45. The van der Waals surface area contributed by atoms with Gasteiger partial charge in [0, 0.05) is 23.8 Å². The van der Waals surface area contributed by atoms with Crippen LogP contribution >= 0.6 is 0 Å². The van der Waals surface area contributed by atoms with Gasteiger partial charge in [-0.3, -0.25) is 0 Å². The maximum atomic E-state index is 12.4. The molecule has 162 valence electrons. The topological polar surface area (TPSA) is 108 Å². The van der Waals surface area contributed by atoms with Gasteiger partial charge in [-0.15, -0.1) is 0 Å². The number of aliphatic hydroxyl groups is 3. The highest BCUT2D eigenvalue weighted by atomic mass is 16.4. The van der Waals surface area contributed by atoms with Gasteiger partial charge in [0.25, 0.3) is 0 Å². The second-order valence-electron chi connectivity index (χ2n) is 10.2. The van der Waals surface area contributed by atoms with E-state index in [-0.39, 0.29) is 24.2 Å². The SMILES string of the molecule is C[C@]12CC[C@H]3[C@@H](CCC4=C[C@H](O)CC[C@]43C=O)[C@@]1(O)C[C@H](O)[C@H]2c1ccc(=O)oc1. The maximum absolute atomic E-state index is 12.4. The molecule has 0 radical (unpaired) electrons. The van der Waals surface area contributed by atoms with Crippen molar-refractivity contribution in [1.82, 2.24) is 0 Å². The molecule has 0 bridgehead atoms. The summed E-state index contributed by atoms with van der Waals surface area (Å²) < 4.78 is 5.07. The minimum absolute atomic E-state index is 0.0141. The van der Waals surface area contributed by atoms with Crippen LogP contribution in [0.4, 0.5) is 0 Å². The molecule has 5 rings (SSSR count). The van der Waals surface area contributed by atoms with E-state index in [1.165, 1.54) is 12.3 Å². The number of hydrogen-bond donors (Lipinski definition) is 3. The van der Waals surface area contributed by atoms with Crippen molar-refractivity contribution in [3.8, 4) is 0 Å². The van der Waals surface area contributed by atoms with Crippen molar-refractivity contribution in [2.24, 2.45) is 22.7 Å². The highest BCUT2D eigenvalue weighted by Crippen LogP contribution is 2.69. The molecule has 0 amide bonds. The number of carbonyl (C=O) groups is 1. The number of fused-ring (bicyclic) bond motifs is 5. The Balaban J connectivity index is 1.56. The molecule has 6 heteroatoms. The van der Waals surface area contributed by atoms with Gasteiger partial charge in [0.05, 0.1) is 29.5 Å². The van der Waals surface area contributed by atoms with Crippen molar-refractivity contribution in [2.75, 3.05) is 0 Å². The van der Waals surface area contributed by atoms with Crippen molar-refractivity contribution in [1.29, 1.82) is 0 Å². The molecule has 1 aromatic heterocycles. The van der Waals surface area contributed by atoms with E-state index in [0.29, 0.717) is 25.7 Å². The molecule has 4 aliphatic carbocycles. The highest BCUT2D eigenvalue weighted by molar-refractivity contribution is 5.67. The molecule has 3 saturated carbocycles. The molecular weight excluding hydrogens is 384 g/mol. The van der Waals surface area contributed by atoms with E-state index in [1.54, 1.807) is 6.07 Å². The summed E-state index contributed by atoms with van der Waals surface area (Å²) in [7, 11) is 0. The van der Waals surface area contributed by atoms with Crippen molar-refractivity contribution in [2.45, 2.75) is 75.6 Å². The van der Waals surface area contributed by atoms with Gasteiger partial charge in [0.1, 0.15) is 6.29 Å². The molecular formula is C24H30O6. The first kappa shape index (κ1) is 20.2. The van der Waals surface area contributed by atoms with Crippen LogP contribution in [0.1, 0.15) is 63.4 Å². The summed E-state index contributed by atoms with van der Waals surface area (Å²) in [6.07, 6.45) is 7.45. The number of allylic oxidation sites excluding steroid dienone is 1. The Morgan fingerprint density at radius 2 is 1.93 bits per heavy atom. The van der Waals surface area contributed by atoms with Crippen molar-refractivity contribution in [3.05, 3.63) is 46.0 Å². The van der Waals surface area contributed by atoms with E-state index in [0.717, 1.165) is 30.3 Å². The van der Waals surface area contributed by atoms with Gasteiger partial charge in [0.15, 0.2) is 0 Å². The van der Waals surface area contributed by atoms with Crippen LogP contribution in [0.25, 0.3) is 0 Å². The van der Waals surface area contributed by atoms with E-state index in [4.69, 9.17) is 4.42 Å². The average molecular weight is 414 g/mol. The zero-order valence-corrected chi connectivity index (χ0v) is 17.3. The fraction of sp³-hybridized carbons (Fsp3) is 0.667. The van der Waals surface area contributed by atoms with E-state index in [1.807, 2.05) is 13.0 Å². The van der Waals surface area contributed by atoms with Gasteiger partial charge in [-0.1, -0.05) is 18.6 Å². The van der Waals surface area contributed by atoms with E-state index in [9.17, 15) is 24.9 Å². The Hall–Kier alpha value is -1.76. The third-order valence-corrected chi connectivity index (χ3v) is 9.18. The number of hydrogen-bond acceptors (Lipinski definition) is 6. The van der Waals surface area contributed by atoms with E-state index < -0.39 is 34.3 Å². The largest absolute Gasteiger partial charge is 0.431 e. The predicted octanol–water partition coefficient (Wildman–Crippen LogP) is 2.31.